The quantitative estimate of drug-likeness (QED) is 0.728. The summed E-state index contributed by atoms with van der Waals surface area (Å²) < 4.78 is 29.6. The Labute approximate surface area is 170 Å². The molecule has 1 unspecified atom stereocenters. The molecule has 1 atom stereocenters. The number of likely N-dealkylation sites (tertiary alicyclic amines) is 1. The van der Waals surface area contributed by atoms with Crippen molar-refractivity contribution in [1.29, 1.82) is 0 Å². The molecule has 28 heavy (non-hydrogen) atoms. The van der Waals surface area contributed by atoms with Crippen LogP contribution in [0.5, 0.6) is 0 Å². The van der Waals surface area contributed by atoms with Gasteiger partial charge in [0.25, 0.3) is 0 Å². The number of hydrogen-bond donors (Lipinski definition) is 0. The topological polar surface area (TPSA) is 76.6 Å². The number of carbonyl (C=O) groups excluding carboxylic acids is 1. The van der Waals surface area contributed by atoms with Crippen molar-refractivity contribution in [1.82, 2.24) is 9.88 Å². The number of amides is 1. The summed E-state index contributed by atoms with van der Waals surface area (Å²) in [4.78, 5) is 18.6. The van der Waals surface area contributed by atoms with Crippen molar-refractivity contribution in [3.63, 3.8) is 0 Å². The van der Waals surface area contributed by atoms with Gasteiger partial charge in [0.2, 0.25) is 0 Å². The molecule has 2 aromatic rings. The highest BCUT2D eigenvalue weighted by Gasteiger charge is 2.37. The average Bonchev–Trinajstić information content (AvgIpc) is 2.52. The van der Waals surface area contributed by atoms with Crippen molar-refractivity contribution in [3.8, 4) is 11.1 Å². The molecule has 2 heterocycles. The van der Waals surface area contributed by atoms with Gasteiger partial charge in [-0.2, -0.15) is 0 Å². The highest BCUT2D eigenvalue weighted by atomic mass is 35.5. The zero-order valence-electron chi connectivity index (χ0n) is 16.3. The number of hydrogen-bond acceptors (Lipinski definition) is 5. The van der Waals surface area contributed by atoms with Gasteiger partial charge in [-0.15, -0.1) is 0 Å². The predicted octanol–water partition coefficient (Wildman–Crippen LogP) is 4.49. The van der Waals surface area contributed by atoms with E-state index in [0.717, 1.165) is 18.4 Å². The maximum absolute atomic E-state index is 12.3. The third-order valence-electron chi connectivity index (χ3n) is 4.43. The van der Waals surface area contributed by atoms with Crippen LogP contribution in [0.4, 0.5) is 4.79 Å². The van der Waals surface area contributed by atoms with Gasteiger partial charge in [0.1, 0.15) is 5.60 Å². The highest BCUT2D eigenvalue weighted by molar-refractivity contribution is 7.90. The minimum atomic E-state index is -3.44. The standard InChI is InChI=1S/C20H23ClN2O4S/c1-20(2,3)27-19(24)23-10-9-17(23)16-8-5-13(12-22-16)15-7-6-14(21)11-18(15)28(4,25)26/h5-8,11-12,17H,9-10H2,1-4H3. The molecule has 6 nitrogen and oxygen atoms in total. The third kappa shape index (κ3) is 4.47. The van der Waals surface area contributed by atoms with Gasteiger partial charge in [0.15, 0.2) is 9.84 Å². The minimum Gasteiger partial charge on any atom is -0.444 e. The van der Waals surface area contributed by atoms with Crippen LogP contribution < -0.4 is 0 Å². The lowest BCUT2D eigenvalue weighted by molar-refractivity contribution is -0.00652. The Hall–Kier alpha value is -2.12. The summed E-state index contributed by atoms with van der Waals surface area (Å²) in [5.74, 6) is 0. The zero-order chi connectivity index (χ0) is 20.7. The molecular weight excluding hydrogens is 400 g/mol. The van der Waals surface area contributed by atoms with Crippen molar-refractivity contribution in [2.45, 2.75) is 43.7 Å². The van der Waals surface area contributed by atoms with E-state index in [1.165, 1.54) is 6.07 Å². The van der Waals surface area contributed by atoms with E-state index in [0.29, 0.717) is 22.7 Å². The van der Waals surface area contributed by atoms with E-state index < -0.39 is 15.4 Å². The van der Waals surface area contributed by atoms with Crippen molar-refractivity contribution in [2.24, 2.45) is 0 Å². The second-order valence-corrected chi connectivity index (χ2v) is 10.3. The van der Waals surface area contributed by atoms with Gasteiger partial charge < -0.3 is 4.74 Å². The molecule has 0 spiro atoms. The smallest absolute Gasteiger partial charge is 0.410 e. The minimum absolute atomic E-state index is 0.136. The summed E-state index contributed by atoms with van der Waals surface area (Å²) in [5.41, 5.74) is 1.41. The first-order valence-corrected chi connectivity index (χ1v) is 11.2. The Morgan fingerprint density at radius 2 is 1.96 bits per heavy atom. The number of carbonyl (C=O) groups is 1. The molecule has 3 rings (SSSR count). The highest BCUT2D eigenvalue weighted by Crippen LogP contribution is 2.35. The summed E-state index contributed by atoms with van der Waals surface area (Å²) in [5, 5.41) is 0.358. The number of benzene rings is 1. The maximum atomic E-state index is 12.3. The van der Waals surface area contributed by atoms with E-state index in [1.54, 1.807) is 23.2 Å². The largest absolute Gasteiger partial charge is 0.444 e. The normalized spacial score (nSPS) is 17.2. The molecule has 0 N–H and O–H groups in total. The molecule has 1 aliphatic heterocycles. The second kappa shape index (κ2) is 7.37. The summed E-state index contributed by atoms with van der Waals surface area (Å²) >= 11 is 5.97. The van der Waals surface area contributed by atoms with Crippen LogP contribution in [0, 0.1) is 0 Å². The molecule has 1 aromatic carbocycles. The number of ether oxygens (including phenoxy) is 1. The van der Waals surface area contributed by atoms with E-state index in [-0.39, 0.29) is 17.0 Å². The van der Waals surface area contributed by atoms with Gasteiger partial charge in [-0.25, -0.2) is 13.2 Å². The summed E-state index contributed by atoms with van der Waals surface area (Å²) in [7, 11) is -3.44. The fourth-order valence-electron chi connectivity index (χ4n) is 3.04. The van der Waals surface area contributed by atoms with E-state index in [1.807, 2.05) is 32.9 Å². The van der Waals surface area contributed by atoms with Crippen molar-refractivity contribution in [2.75, 3.05) is 12.8 Å². The molecule has 0 aliphatic carbocycles. The Balaban J connectivity index is 1.85. The maximum Gasteiger partial charge on any atom is 0.410 e. The molecule has 1 saturated heterocycles. The second-order valence-electron chi connectivity index (χ2n) is 7.86. The lowest BCUT2D eigenvalue weighted by Gasteiger charge is -2.40. The van der Waals surface area contributed by atoms with Crippen LogP contribution in [0.25, 0.3) is 11.1 Å². The van der Waals surface area contributed by atoms with Crippen molar-refractivity contribution in [3.05, 3.63) is 47.2 Å². The number of aromatic nitrogens is 1. The van der Waals surface area contributed by atoms with Crippen LogP contribution in [0.15, 0.2) is 41.4 Å². The van der Waals surface area contributed by atoms with Gasteiger partial charge in [-0.3, -0.25) is 9.88 Å². The van der Waals surface area contributed by atoms with Crippen LogP contribution in [-0.4, -0.2) is 42.8 Å². The van der Waals surface area contributed by atoms with Gasteiger partial charge >= 0.3 is 6.09 Å². The first-order valence-electron chi connectivity index (χ1n) is 8.91. The molecule has 0 radical (unpaired) electrons. The Morgan fingerprint density at radius 3 is 2.46 bits per heavy atom. The van der Waals surface area contributed by atoms with Gasteiger partial charge in [-0.1, -0.05) is 23.7 Å². The number of rotatable bonds is 3. The molecule has 1 fully saturated rings. The lowest BCUT2D eigenvalue weighted by Crippen LogP contribution is -2.47. The molecular formula is C20H23ClN2O4S. The van der Waals surface area contributed by atoms with E-state index in [4.69, 9.17) is 16.3 Å². The van der Waals surface area contributed by atoms with Crippen LogP contribution in [0.2, 0.25) is 5.02 Å². The third-order valence-corrected chi connectivity index (χ3v) is 5.80. The Morgan fingerprint density at radius 1 is 1.25 bits per heavy atom. The summed E-state index contributed by atoms with van der Waals surface area (Å²) in [6.45, 7) is 6.12. The Kier molecular flexibility index (Phi) is 5.42. The summed E-state index contributed by atoms with van der Waals surface area (Å²) in [6, 6.07) is 8.25. The molecule has 1 aromatic heterocycles. The Bertz CT molecular complexity index is 998. The van der Waals surface area contributed by atoms with Crippen LogP contribution >= 0.6 is 11.6 Å². The van der Waals surface area contributed by atoms with Gasteiger partial charge in [0, 0.05) is 35.1 Å². The average molecular weight is 423 g/mol. The van der Waals surface area contributed by atoms with Crippen LogP contribution in [0.1, 0.15) is 38.9 Å². The SMILES string of the molecule is CC(C)(C)OC(=O)N1CCC1c1ccc(-c2ccc(Cl)cc2S(C)(=O)=O)cn1. The van der Waals surface area contributed by atoms with Gasteiger partial charge in [0.05, 0.1) is 16.6 Å². The number of pyridine rings is 1. The summed E-state index contributed by atoms with van der Waals surface area (Å²) in [6.07, 6.45) is 3.23. The fraction of sp³-hybridized carbons (Fsp3) is 0.400. The lowest BCUT2D eigenvalue weighted by atomic mass is 9.98. The van der Waals surface area contributed by atoms with E-state index in [9.17, 15) is 13.2 Å². The molecule has 8 heteroatoms. The van der Waals surface area contributed by atoms with Crippen LogP contribution in [-0.2, 0) is 14.6 Å². The van der Waals surface area contributed by atoms with E-state index in [2.05, 4.69) is 4.98 Å². The fourth-order valence-corrected chi connectivity index (χ4v) is 4.20. The van der Waals surface area contributed by atoms with E-state index >= 15 is 0 Å². The first-order chi connectivity index (χ1) is 13.0. The van der Waals surface area contributed by atoms with Crippen molar-refractivity contribution < 1.29 is 17.9 Å². The number of halogens is 1. The zero-order valence-corrected chi connectivity index (χ0v) is 17.8. The number of sulfone groups is 1. The predicted molar refractivity (Wildman–Crippen MR) is 108 cm³/mol. The monoisotopic (exact) mass is 422 g/mol. The first kappa shape index (κ1) is 20.6. The van der Waals surface area contributed by atoms with Crippen molar-refractivity contribution >= 4 is 27.5 Å². The van der Waals surface area contributed by atoms with Crippen LogP contribution in [0.3, 0.4) is 0 Å². The molecule has 1 aliphatic rings. The number of nitrogens with zero attached hydrogens (tertiary/aromatic N) is 2. The molecule has 0 bridgehead atoms. The molecule has 1 amide bonds. The molecule has 0 saturated carbocycles. The van der Waals surface area contributed by atoms with Gasteiger partial charge in [-0.05, 0) is 45.4 Å². The molecule has 150 valence electrons.